The van der Waals surface area contributed by atoms with Gasteiger partial charge in [-0.15, -0.1) is 0 Å². The highest BCUT2D eigenvalue weighted by atomic mass is 35.5. The Morgan fingerprint density at radius 1 is 1.52 bits per heavy atom. The highest BCUT2D eigenvalue weighted by molar-refractivity contribution is 7.89. The summed E-state index contributed by atoms with van der Waals surface area (Å²) in [5, 5.41) is 9.08. The monoisotopic (exact) mass is 327 g/mol. The maximum Gasteiger partial charge on any atom is 0.244 e. The predicted molar refractivity (Wildman–Crippen MR) is 81.3 cm³/mol. The third-order valence-corrected chi connectivity index (χ3v) is 6.36. The molecule has 2 N–H and O–H groups in total. The van der Waals surface area contributed by atoms with Crippen LogP contribution in [0.15, 0.2) is 23.1 Å². The molecule has 2 atom stereocenters. The molecule has 2 unspecified atom stereocenters. The topological polar surface area (TPSA) is 87.2 Å². The van der Waals surface area contributed by atoms with Crippen LogP contribution in [0.25, 0.3) is 0 Å². The van der Waals surface area contributed by atoms with Crippen LogP contribution in [0.2, 0.25) is 5.02 Å². The second kappa shape index (κ2) is 6.32. The van der Waals surface area contributed by atoms with Crippen LogP contribution in [0.1, 0.15) is 25.3 Å². The molecule has 0 bridgehead atoms. The number of nitrogens with two attached hydrogens (primary N) is 1. The fourth-order valence-electron chi connectivity index (χ4n) is 2.76. The number of rotatable bonds is 3. The van der Waals surface area contributed by atoms with E-state index in [9.17, 15) is 8.42 Å². The molecule has 0 radical (unpaired) electrons. The minimum Gasteiger partial charge on any atom is -0.329 e. The number of nitrogens with zero attached hydrogens (tertiary/aromatic N) is 2. The van der Waals surface area contributed by atoms with Crippen molar-refractivity contribution in [3.05, 3.63) is 28.8 Å². The van der Waals surface area contributed by atoms with E-state index in [1.807, 2.05) is 13.0 Å². The Balaban J connectivity index is 2.49. The minimum absolute atomic E-state index is 0.0178. The van der Waals surface area contributed by atoms with Crippen LogP contribution < -0.4 is 5.73 Å². The van der Waals surface area contributed by atoms with Gasteiger partial charge in [0.15, 0.2) is 0 Å². The molecule has 1 saturated heterocycles. The molecule has 1 heterocycles. The molecule has 1 aromatic rings. The van der Waals surface area contributed by atoms with Crippen LogP contribution in [0, 0.1) is 17.2 Å². The summed E-state index contributed by atoms with van der Waals surface area (Å²) in [6.45, 7) is 2.71. The summed E-state index contributed by atoms with van der Waals surface area (Å²) in [5.41, 5.74) is 6.03. The van der Waals surface area contributed by atoms with Crippen molar-refractivity contribution in [3.63, 3.8) is 0 Å². The maximum atomic E-state index is 12.9. The molecule has 0 aliphatic carbocycles. The average molecular weight is 328 g/mol. The van der Waals surface area contributed by atoms with E-state index in [4.69, 9.17) is 22.6 Å². The Kier molecular flexibility index (Phi) is 4.89. The molecule has 0 spiro atoms. The Labute approximate surface area is 130 Å². The van der Waals surface area contributed by atoms with Gasteiger partial charge in [0.25, 0.3) is 0 Å². The summed E-state index contributed by atoms with van der Waals surface area (Å²) in [6, 6.07) is 5.97. The molecule has 21 heavy (non-hydrogen) atoms. The maximum absolute atomic E-state index is 12.9. The molecule has 7 heteroatoms. The Hall–Kier alpha value is -1.13. The van der Waals surface area contributed by atoms with Gasteiger partial charge in [0.2, 0.25) is 10.0 Å². The van der Waals surface area contributed by atoms with Crippen molar-refractivity contribution in [2.45, 2.75) is 30.7 Å². The molecule has 0 amide bonds. The normalized spacial score (nSPS) is 23.7. The van der Waals surface area contributed by atoms with Crippen LogP contribution in [-0.4, -0.2) is 31.9 Å². The summed E-state index contributed by atoms with van der Waals surface area (Å²) in [4.78, 5) is -0.0178. The van der Waals surface area contributed by atoms with Crippen molar-refractivity contribution in [1.82, 2.24) is 4.31 Å². The summed E-state index contributed by atoms with van der Waals surface area (Å²) in [6.07, 6.45) is 1.76. The van der Waals surface area contributed by atoms with Gasteiger partial charge in [0.1, 0.15) is 4.90 Å². The first-order chi connectivity index (χ1) is 9.91. The smallest absolute Gasteiger partial charge is 0.244 e. The molecule has 114 valence electrons. The zero-order valence-electron chi connectivity index (χ0n) is 11.8. The Bertz CT molecular complexity index is 669. The molecule has 1 aromatic carbocycles. The van der Waals surface area contributed by atoms with Crippen molar-refractivity contribution < 1.29 is 8.42 Å². The molecule has 1 aliphatic rings. The fraction of sp³-hybridized carbons (Fsp3) is 0.500. The van der Waals surface area contributed by atoms with Crippen molar-refractivity contribution in [2.75, 3.05) is 13.1 Å². The number of hydrogen-bond donors (Lipinski definition) is 1. The zero-order chi connectivity index (χ0) is 15.6. The molecule has 1 fully saturated rings. The molecule has 0 aromatic heterocycles. The van der Waals surface area contributed by atoms with Crippen LogP contribution in [0.3, 0.4) is 0 Å². The lowest BCUT2D eigenvalue weighted by Crippen LogP contribution is -2.51. The van der Waals surface area contributed by atoms with E-state index in [2.05, 4.69) is 0 Å². The minimum atomic E-state index is -3.75. The average Bonchev–Trinajstić information content (AvgIpc) is 2.47. The first-order valence-corrected chi connectivity index (χ1v) is 8.65. The van der Waals surface area contributed by atoms with Gasteiger partial charge in [-0.2, -0.15) is 9.57 Å². The lowest BCUT2D eigenvalue weighted by molar-refractivity contribution is 0.192. The van der Waals surface area contributed by atoms with Gasteiger partial charge >= 0.3 is 0 Å². The van der Waals surface area contributed by atoms with E-state index in [1.54, 1.807) is 0 Å². The number of halogens is 1. The van der Waals surface area contributed by atoms with Gasteiger partial charge in [-0.05, 0) is 37.0 Å². The van der Waals surface area contributed by atoms with Gasteiger partial charge < -0.3 is 5.73 Å². The first kappa shape index (κ1) is 16.2. The summed E-state index contributed by atoms with van der Waals surface area (Å²) in [5.74, 6) is 0.205. The van der Waals surface area contributed by atoms with Gasteiger partial charge in [-0.25, -0.2) is 8.42 Å². The van der Waals surface area contributed by atoms with E-state index < -0.39 is 10.0 Å². The van der Waals surface area contributed by atoms with Crippen LogP contribution in [0.4, 0.5) is 0 Å². The molecular formula is C14H18ClN3O2S. The number of hydrogen-bond acceptors (Lipinski definition) is 4. The van der Waals surface area contributed by atoms with Gasteiger partial charge in [-0.3, -0.25) is 0 Å². The van der Waals surface area contributed by atoms with E-state index in [-0.39, 0.29) is 34.0 Å². The lowest BCUT2D eigenvalue weighted by Gasteiger charge is -2.38. The van der Waals surface area contributed by atoms with E-state index in [1.165, 1.54) is 22.5 Å². The molecular weight excluding hydrogens is 310 g/mol. The van der Waals surface area contributed by atoms with Crippen molar-refractivity contribution in [2.24, 2.45) is 11.7 Å². The SMILES string of the molecule is CC1CCCN(S(=O)(=O)c2cc(C#N)ccc2Cl)C1CN. The number of sulfonamides is 1. The van der Waals surface area contributed by atoms with Crippen molar-refractivity contribution in [3.8, 4) is 6.07 Å². The largest absolute Gasteiger partial charge is 0.329 e. The second-order valence-corrected chi connectivity index (χ2v) is 7.56. The summed E-state index contributed by atoms with van der Waals surface area (Å²) >= 11 is 6.04. The van der Waals surface area contributed by atoms with Gasteiger partial charge in [0.05, 0.1) is 16.7 Å². The number of piperidine rings is 1. The predicted octanol–water partition coefficient (Wildman–Crippen LogP) is 1.96. The standard InChI is InChI=1S/C14H18ClN3O2S/c1-10-3-2-6-18(13(10)9-17)21(19,20)14-7-11(8-16)4-5-12(14)15/h4-5,7,10,13H,2-3,6,9,17H2,1H3. The van der Waals surface area contributed by atoms with E-state index in [0.29, 0.717) is 6.54 Å². The van der Waals surface area contributed by atoms with Crippen LogP contribution in [0.5, 0.6) is 0 Å². The van der Waals surface area contributed by atoms with Crippen molar-refractivity contribution in [1.29, 1.82) is 5.26 Å². The highest BCUT2D eigenvalue weighted by Crippen LogP contribution is 2.32. The zero-order valence-corrected chi connectivity index (χ0v) is 13.4. The summed E-state index contributed by atoms with van der Waals surface area (Å²) < 4.78 is 27.2. The second-order valence-electron chi connectivity index (χ2n) is 5.30. The molecule has 0 saturated carbocycles. The third kappa shape index (κ3) is 3.06. The lowest BCUT2D eigenvalue weighted by atomic mass is 9.93. The van der Waals surface area contributed by atoms with Crippen LogP contribution in [-0.2, 0) is 10.0 Å². The molecule has 1 aliphatic heterocycles. The quantitative estimate of drug-likeness (QED) is 0.919. The molecule has 2 rings (SSSR count). The van der Waals surface area contributed by atoms with Crippen molar-refractivity contribution >= 4 is 21.6 Å². The summed E-state index contributed by atoms with van der Waals surface area (Å²) in [7, 11) is -3.75. The van der Waals surface area contributed by atoms with Gasteiger partial charge in [0, 0.05) is 19.1 Å². The molecule has 5 nitrogen and oxygen atoms in total. The first-order valence-electron chi connectivity index (χ1n) is 6.83. The van der Waals surface area contributed by atoms with Gasteiger partial charge in [-0.1, -0.05) is 18.5 Å². The van der Waals surface area contributed by atoms with E-state index >= 15 is 0 Å². The highest BCUT2D eigenvalue weighted by Gasteiger charge is 2.37. The van der Waals surface area contributed by atoms with E-state index in [0.717, 1.165) is 12.8 Å². The number of benzene rings is 1. The Morgan fingerprint density at radius 2 is 2.24 bits per heavy atom. The number of nitriles is 1. The fourth-order valence-corrected chi connectivity index (χ4v) is 5.03. The third-order valence-electron chi connectivity index (χ3n) is 3.95. The Morgan fingerprint density at radius 3 is 2.86 bits per heavy atom. The van der Waals surface area contributed by atoms with Crippen LogP contribution >= 0.6 is 11.6 Å².